The van der Waals surface area contributed by atoms with Crippen molar-refractivity contribution in [2.24, 2.45) is 0 Å². The average molecular weight is 364 g/mol. The molecule has 108 valence electrons. The van der Waals surface area contributed by atoms with Crippen molar-refractivity contribution in [3.8, 4) is 0 Å². The largest absolute Gasteiger partial charge is 0.384 e. The van der Waals surface area contributed by atoms with E-state index in [9.17, 15) is 5.11 Å². The molecule has 4 nitrogen and oxygen atoms in total. The van der Waals surface area contributed by atoms with Gasteiger partial charge in [-0.15, -0.1) is 0 Å². The molecule has 0 aliphatic rings. The first kappa shape index (κ1) is 14.4. The Morgan fingerprint density at radius 3 is 2.95 bits per heavy atom. The smallest absolute Gasteiger partial charge is 0.137 e. The molecule has 0 aliphatic heterocycles. The second kappa shape index (κ2) is 5.71. The van der Waals surface area contributed by atoms with Crippen LogP contribution in [0.25, 0.3) is 10.9 Å². The van der Waals surface area contributed by atoms with E-state index in [2.05, 4.69) is 31.2 Å². The van der Waals surface area contributed by atoms with Crippen molar-refractivity contribution in [1.82, 2.24) is 9.97 Å². The number of hydrogen-bond acceptors (Lipinski definition) is 5. The van der Waals surface area contributed by atoms with Crippen LogP contribution in [-0.2, 0) is 5.60 Å². The number of aromatic nitrogens is 2. The fraction of sp³-hybridized carbons (Fsp3) is 0.200. The van der Waals surface area contributed by atoms with Crippen LogP contribution in [0.2, 0.25) is 0 Å². The molecule has 1 aromatic carbocycles. The number of thiophene rings is 1. The van der Waals surface area contributed by atoms with Crippen LogP contribution in [-0.4, -0.2) is 21.6 Å². The first-order valence-corrected chi connectivity index (χ1v) is 8.19. The second-order valence-electron chi connectivity index (χ2n) is 5.02. The highest BCUT2D eigenvalue weighted by Crippen LogP contribution is 2.26. The monoisotopic (exact) mass is 363 g/mol. The van der Waals surface area contributed by atoms with Crippen molar-refractivity contribution in [3.05, 3.63) is 51.4 Å². The average Bonchev–Trinajstić information content (AvgIpc) is 3.00. The molecule has 0 radical (unpaired) electrons. The Morgan fingerprint density at radius 2 is 2.19 bits per heavy atom. The molecule has 21 heavy (non-hydrogen) atoms. The Bertz CT molecular complexity index is 759. The minimum Gasteiger partial charge on any atom is -0.384 e. The number of anilines is 1. The number of nitrogens with one attached hydrogen (secondary N) is 1. The normalized spacial score (nSPS) is 14.0. The fourth-order valence-electron chi connectivity index (χ4n) is 2.10. The standard InChI is InChI=1S/C15H14BrN3OS/c1-15(20,10-4-5-21-7-10)8-17-14-12-6-11(16)2-3-13(12)18-9-19-14/h2-7,9,20H,8H2,1H3,(H,17,18,19). The van der Waals surface area contributed by atoms with E-state index in [4.69, 9.17) is 0 Å². The zero-order chi connectivity index (χ0) is 14.9. The van der Waals surface area contributed by atoms with E-state index in [-0.39, 0.29) is 0 Å². The number of benzene rings is 1. The highest BCUT2D eigenvalue weighted by Gasteiger charge is 2.23. The summed E-state index contributed by atoms with van der Waals surface area (Å²) in [5.41, 5.74) is 0.828. The SMILES string of the molecule is CC(O)(CNc1ncnc2ccc(Br)cc12)c1ccsc1. The summed E-state index contributed by atoms with van der Waals surface area (Å²) < 4.78 is 0.970. The molecular weight excluding hydrogens is 350 g/mol. The van der Waals surface area contributed by atoms with Gasteiger partial charge in [-0.05, 0) is 47.5 Å². The Morgan fingerprint density at radius 1 is 1.33 bits per heavy atom. The quantitative estimate of drug-likeness (QED) is 0.740. The highest BCUT2D eigenvalue weighted by molar-refractivity contribution is 9.10. The van der Waals surface area contributed by atoms with Crippen molar-refractivity contribution >= 4 is 44.0 Å². The maximum atomic E-state index is 10.6. The van der Waals surface area contributed by atoms with Crippen molar-refractivity contribution in [3.63, 3.8) is 0 Å². The Kier molecular flexibility index (Phi) is 3.93. The van der Waals surface area contributed by atoms with Gasteiger partial charge in [0.1, 0.15) is 17.7 Å². The molecule has 0 fully saturated rings. The molecular formula is C15H14BrN3OS. The van der Waals surface area contributed by atoms with E-state index in [0.29, 0.717) is 6.54 Å². The number of aliphatic hydroxyl groups is 1. The van der Waals surface area contributed by atoms with E-state index in [0.717, 1.165) is 26.8 Å². The van der Waals surface area contributed by atoms with E-state index in [1.165, 1.54) is 6.33 Å². The van der Waals surface area contributed by atoms with Crippen molar-refractivity contribution in [2.45, 2.75) is 12.5 Å². The topological polar surface area (TPSA) is 58.0 Å². The third kappa shape index (κ3) is 3.07. The van der Waals surface area contributed by atoms with Crippen LogP contribution in [0.15, 0.2) is 45.8 Å². The van der Waals surface area contributed by atoms with Crippen LogP contribution in [0.3, 0.4) is 0 Å². The third-order valence-electron chi connectivity index (χ3n) is 3.34. The summed E-state index contributed by atoms with van der Waals surface area (Å²) in [7, 11) is 0. The molecule has 0 saturated heterocycles. The molecule has 1 atom stereocenters. The first-order valence-electron chi connectivity index (χ1n) is 6.45. The first-order chi connectivity index (χ1) is 10.1. The van der Waals surface area contributed by atoms with Gasteiger partial charge < -0.3 is 10.4 Å². The number of halogens is 1. The molecule has 0 spiro atoms. The second-order valence-corrected chi connectivity index (χ2v) is 6.72. The summed E-state index contributed by atoms with van der Waals surface area (Å²) in [5.74, 6) is 0.719. The summed E-state index contributed by atoms with van der Waals surface area (Å²) in [5, 5.41) is 18.6. The fourth-order valence-corrected chi connectivity index (χ4v) is 3.24. The lowest BCUT2D eigenvalue weighted by Crippen LogP contribution is -2.30. The lowest BCUT2D eigenvalue weighted by atomic mass is 9.99. The van der Waals surface area contributed by atoms with Gasteiger partial charge in [0, 0.05) is 16.4 Å². The maximum Gasteiger partial charge on any atom is 0.137 e. The Hall–Kier alpha value is -1.50. The van der Waals surface area contributed by atoms with Crippen LogP contribution in [0.5, 0.6) is 0 Å². The molecule has 2 heterocycles. The minimum atomic E-state index is -0.941. The molecule has 0 aliphatic carbocycles. The van der Waals surface area contributed by atoms with E-state index < -0.39 is 5.60 Å². The van der Waals surface area contributed by atoms with Gasteiger partial charge in [-0.25, -0.2) is 9.97 Å². The van der Waals surface area contributed by atoms with Gasteiger partial charge in [0.15, 0.2) is 0 Å². The van der Waals surface area contributed by atoms with Crippen molar-refractivity contribution < 1.29 is 5.11 Å². The molecule has 6 heteroatoms. The summed E-state index contributed by atoms with van der Waals surface area (Å²) in [4.78, 5) is 8.53. The highest BCUT2D eigenvalue weighted by atomic mass is 79.9. The molecule has 1 unspecified atom stereocenters. The Labute approximate surface area is 135 Å². The van der Waals surface area contributed by atoms with Gasteiger partial charge in [0.25, 0.3) is 0 Å². The number of rotatable bonds is 4. The van der Waals surface area contributed by atoms with Crippen LogP contribution < -0.4 is 5.32 Å². The predicted molar refractivity (Wildman–Crippen MR) is 89.6 cm³/mol. The summed E-state index contributed by atoms with van der Waals surface area (Å²) >= 11 is 5.03. The lowest BCUT2D eigenvalue weighted by Gasteiger charge is -2.23. The van der Waals surface area contributed by atoms with Gasteiger partial charge in [0.2, 0.25) is 0 Å². The van der Waals surface area contributed by atoms with Gasteiger partial charge in [-0.2, -0.15) is 11.3 Å². The number of hydrogen-bond donors (Lipinski definition) is 2. The van der Waals surface area contributed by atoms with Crippen molar-refractivity contribution in [1.29, 1.82) is 0 Å². The van der Waals surface area contributed by atoms with Crippen LogP contribution >= 0.6 is 27.3 Å². The van der Waals surface area contributed by atoms with Crippen LogP contribution in [0, 0.1) is 0 Å². The summed E-state index contributed by atoms with van der Waals surface area (Å²) in [6, 6.07) is 7.78. The van der Waals surface area contributed by atoms with E-state index >= 15 is 0 Å². The third-order valence-corrected chi connectivity index (χ3v) is 4.52. The molecule has 3 aromatic rings. The van der Waals surface area contributed by atoms with Gasteiger partial charge in [-0.3, -0.25) is 0 Å². The van der Waals surface area contributed by atoms with E-state index in [1.807, 2.05) is 35.0 Å². The maximum absolute atomic E-state index is 10.6. The van der Waals surface area contributed by atoms with Gasteiger partial charge in [0.05, 0.1) is 5.52 Å². The summed E-state index contributed by atoms with van der Waals surface area (Å²) in [6.45, 7) is 2.17. The molecule has 0 bridgehead atoms. The zero-order valence-corrected chi connectivity index (χ0v) is 13.8. The molecule has 3 rings (SSSR count). The van der Waals surface area contributed by atoms with Crippen LogP contribution in [0.4, 0.5) is 5.82 Å². The van der Waals surface area contributed by atoms with Crippen LogP contribution in [0.1, 0.15) is 12.5 Å². The predicted octanol–water partition coefficient (Wildman–Crippen LogP) is 3.77. The Balaban J connectivity index is 1.87. The number of fused-ring (bicyclic) bond motifs is 1. The summed E-state index contributed by atoms with van der Waals surface area (Å²) in [6.07, 6.45) is 1.53. The van der Waals surface area contributed by atoms with Crippen molar-refractivity contribution in [2.75, 3.05) is 11.9 Å². The lowest BCUT2D eigenvalue weighted by molar-refractivity contribution is 0.0719. The molecule has 0 amide bonds. The molecule has 0 saturated carbocycles. The molecule has 2 N–H and O–H groups in total. The number of nitrogens with zero attached hydrogens (tertiary/aromatic N) is 2. The zero-order valence-electron chi connectivity index (χ0n) is 11.4. The minimum absolute atomic E-state index is 0.377. The molecule has 2 aromatic heterocycles. The van der Waals surface area contributed by atoms with Gasteiger partial charge >= 0.3 is 0 Å². The van der Waals surface area contributed by atoms with Gasteiger partial charge in [-0.1, -0.05) is 15.9 Å². The van der Waals surface area contributed by atoms with E-state index in [1.54, 1.807) is 18.3 Å².